The Morgan fingerprint density at radius 3 is 2.27 bits per heavy atom. The first-order valence-electron chi connectivity index (χ1n) is 6.03. The largest absolute Gasteiger partial charge is 0.366 e. The molecule has 0 saturated carbocycles. The van der Waals surface area contributed by atoms with Crippen molar-refractivity contribution in [1.29, 1.82) is 0 Å². The number of rotatable bonds is 2. The number of halogens is 3. The first-order valence-corrected chi connectivity index (χ1v) is 7.16. The van der Waals surface area contributed by atoms with Gasteiger partial charge in [-0.15, -0.1) is 0 Å². The molecule has 1 aromatic carbocycles. The summed E-state index contributed by atoms with van der Waals surface area (Å²) in [4.78, 5) is 23.8. The van der Waals surface area contributed by atoms with Crippen LogP contribution >= 0.6 is 34.8 Å². The van der Waals surface area contributed by atoms with Crippen molar-refractivity contribution in [3.8, 4) is 11.3 Å². The van der Waals surface area contributed by atoms with Crippen LogP contribution in [0.3, 0.4) is 0 Å². The number of fused-ring (bicyclic) bond motifs is 1. The predicted octanol–water partition coefficient (Wildman–Crippen LogP) is 3.75. The minimum absolute atomic E-state index is 0.0999. The third-order valence-electron chi connectivity index (χ3n) is 2.99. The summed E-state index contributed by atoms with van der Waals surface area (Å²) in [7, 11) is 0. The van der Waals surface area contributed by atoms with Gasteiger partial charge in [-0.2, -0.15) is 0 Å². The van der Waals surface area contributed by atoms with Gasteiger partial charge in [0, 0.05) is 21.8 Å². The smallest absolute Gasteiger partial charge is 0.251 e. The van der Waals surface area contributed by atoms with Gasteiger partial charge in [0.05, 0.1) is 10.6 Å². The highest BCUT2D eigenvalue weighted by Crippen LogP contribution is 2.32. The number of benzene rings is 1. The number of primary amides is 1. The van der Waals surface area contributed by atoms with E-state index in [-0.39, 0.29) is 10.6 Å². The molecule has 0 spiro atoms. The van der Waals surface area contributed by atoms with Crippen molar-refractivity contribution >= 4 is 51.7 Å². The highest BCUT2D eigenvalue weighted by molar-refractivity contribution is 6.38. The second-order valence-electron chi connectivity index (χ2n) is 4.43. The van der Waals surface area contributed by atoms with Crippen LogP contribution in [-0.4, -0.2) is 20.9 Å². The predicted molar refractivity (Wildman–Crippen MR) is 86.3 cm³/mol. The highest BCUT2D eigenvalue weighted by Gasteiger charge is 2.16. The molecule has 0 aliphatic heterocycles. The van der Waals surface area contributed by atoms with Crippen molar-refractivity contribution < 1.29 is 4.79 Å². The molecule has 5 nitrogen and oxygen atoms in total. The number of pyridine rings is 1. The van der Waals surface area contributed by atoms with Crippen LogP contribution in [-0.2, 0) is 0 Å². The zero-order chi connectivity index (χ0) is 15.9. The van der Waals surface area contributed by atoms with Gasteiger partial charge in [-0.25, -0.2) is 9.97 Å². The van der Waals surface area contributed by atoms with Crippen molar-refractivity contribution in [1.82, 2.24) is 15.0 Å². The Morgan fingerprint density at radius 2 is 1.64 bits per heavy atom. The van der Waals surface area contributed by atoms with Gasteiger partial charge in [0.25, 0.3) is 5.91 Å². The number of nitrogens with zero attached hydrogens (tertiary/aromatic N) is 3. The molecule has 3 aromatic rings. The molecule has 0 radical (unpaired) electrons. The SMILES string of the molecule is NC(=O)c1cnc2c(-c3cc(Cl)cc(Cl)c3)ncnc2c1Cl. The Bertz CT molecular complexity index is 894. The molecule has 2 N–H and O–H groups in total. The van der Waals surface area contributed by atoms with Gasteiger partial charge in [0.15, 0.2) is 0 Å². The Hall–Kier alpha value is -1.95. The van der Waals surface area contributed by atoms with Crippen molar-refractivity contribution in [2.24, 2.45) is 5.73 Å². The number of hydrogen-bond acceptors (Lipinski definition) is 4. The van der Waals surface area contributed by atoms with E-state index >= 15 is 0 Å². The van der Waals surface area contributed by atoms with Crippen LogP contribution in [0.2, 0.25) is 15.1 Å². The summed E-state index contributed by atoms with van der Waals surface area (Å²) in [5.74, 6) is -0.676. The van der Waals surface area contributed by atoms with E-state index in [2.05, 4.69) is 15.0 Å². The quantitative estimate of drug-likeness (QED) is 0.760. The highest BCUT2D eigenvalue weighted by atomic mass is 35.5. The monoisotopic (exact) mass is 352 g/mol. The maximum Gasteiger partial charge on any atom is 0.251 e. The van der Waals surface area contributed by atoms with Gasteiger partial charge in [-0.1, -0.05) is 34.8 Å². The lowest BCUT2D eigenvalue weighted by Crippen LogP contribution is -2.12. The van der Waals surface area contributed by atoms with Gasteiger partial charge in [0.1, 0.15) is 23.1 Å². The second kappa shape index (κ2) is 5.68. The zero-order valence-corrected chi connectivity index (χ0v) is 13.1. The number of carbonyl (C=O) groups is 1. The molecular formula is C14H7Cl3N4O. The number of nitrogens with two attached hydrogens (primary N) is 1. The van der Waals surface area contributed by atoms with Crippen molar-refractivity contribution in [2.75, 3.05) is 0 Å². The fourth-order valence-corrected chi connectivity index (χ4v) is 2.85. The van der Waals surface area contributed by atoms with E-state index < -0.39 is 5.91 Å². The van der Waals surface area contributed by atoms with Crippen LogP contribution in [0, 0.1) is 0 Å². The van der Waals surface area contributed by atoms with Crippen molar-refractivity contribution in [3.63, 3.8) is 0 Å². The number of aromatic nitrogens is 3. The first kappa shape index (κ1) is 15.0. The summed E-state index contributed by atoms with van der Waals surface area (Å²) in [5, 5.41) is 1.07. The Balaban J connectivity index is 2.32. The fraction of sp³-hybridized carbons (Fsp3) is 0. The summed E-state index contributed by atoms with van der Waals surface area (Å²) in [6.45, 7) is 0. The Morgan fingerprint density at radius 1 is 0.955 bits per heavy atom. The lowest BCUT2D eigenvalue weighted by molar-refractivity contribution is 0.1000. The summed E-state index contributed by atoms with van der Waals surface area (Å²) >= 11 is 18.2. The summed E-state index contributed by atoms with van der Waals surface area (Å²) in [6.07, 6.45) is 2.62. The molecule has 3 rings (SSSR count). The van der Waals surface area contributed by atoms with Gasteiger partial charge in [-0.3, -0.25) is 9.78 Å². The van der Waals surface area contributed by atoms with Crippen molar-refractivity contribution in [2.45, 2.75) is 0 Å². The molecule has 2 aromatic heterocycles. The molecule has 0 bridgehead atoms. The molecule has 0 fully saturated rings. The third kappa shape index (κ3) is 2.59. The summed E-state index contributed by atoms with van der Waals surface area (Å²) in [6, 6.07) is 5.02. The molecule has 1 amide bonds. The molecule has 2 heterocycles. The average molecular weight is 354 g/mol. The van der Waals surface area contributed by atoms with Gasteiger partial charge >= 0.3 is 0 Å². The molecule has 0 saturated heterocycles. The second-order valence-corrected chi connectivity index (χ2v) is 5.68. The number of hydrogen-bond donors (Lipinski definition) is 1. The zero-order valence-electron chi connectivity index (χ0n) is 10.8. The van der Waals surface area contributed by atoms with E-state index in [1.165, 1.54) is 12.5 Å². The summed E-state index contributed by atoms with van der Waals surface area (Å²) in [5.41, 5.74) is 7.29. The van der Waals surface area contributed by atoms with Gasteiger partial charge in [-0.05, 0) is 18.2 Å². The maximum atomic E-state index is 11.3. The lowest BCUT2D eigenvalue weighted by atomic mass is 10.1. The summed E-state index contributed by atoms with van der Waals surface area (Å²) < 4.78 is 0. The standard InChI is InChI=1S/C14H7Cl3N4O/c15-7-1-6(2-8(16)3-7)11-13-12(21-5-20-11)10(17)9(4-19-13)14(18)22/h1-5H,(H2,18,22). The first-order chi connectivity index (χ1) is 10.5. The van der Waals surface area contributed by atoms with Gasteiger partial charge < -0.3 is 5.73 Å². The average Bonchev–Trinajstić information content (AvgIpc) is 2.45. The Kier molecular flexibility index (Phi) is 3.87. The molecule has 22 heavy (non-hydrogen) atoms. The lowest BCUT2D eigenvalue weighted by Gasteiger charge is -2.08. The topological polar surface area (TPSA) is 81.8 Å². The van der Waals surface area contributed by atoms with E-state index in [0.717, 1.165) is 0 Å². The normalized spacial score (nSPS) is 10.9. The van der Waals surface area contributed by atoms with Crippen LogP contribution in [0.5, 0.6) is 0 Å². The third-order valence-corrected chi connectivity index (χ3v) is 3.81. The van der Waals surface area contributed by atoms with Gasteiger partial charge in [0.2, 0.25) is 0 Å². The molecule has 0 atom stereocenters. The number of carbonyl (C=O) groups excluding carboxylic acids is 1. The molecule has 110 valence electrons. The van der Waals surface area contributed by atoms with Crippen LogP contribution in [0.4, 0.5) is 0 Å². The minimum atomic E-state index is -0.676. The van der Waals surface area contributed by atoms with Crippen LogP contribution in [0.25, 0.3) is 22.3 Å². The minimum Gasteiger partial charge on any atom is -0.366 e. The van der Waals surface area contributed by atoms with E-state index in [1.54, 1.807) is 18.2 Å². The maximum absolute atomic E-state index is 11.3. The van der Waals surface area contributed by atoms with E-state index in [4.69, 9.17) is 40.5 Å². The molecule has 0 unspecified atom stereocenters. The fourth-order valence-electron chi connectivity index (χ4n) is 2.05. The van der Waals surface area contributed by atoms with Crippen LogP contribution in [0.15, 0.2) is 30.7 Å². The molecular weight excluding hydrogens is 347 g/mol. The molecule has 8 heteroatoms. The van der Waals surface area contributed by atoms with E-state index in [9.17, 15) is 4.79 Å². The van der Waals surface area contributed by atoms with E-state index in [1.807, 2.05) is 0 Å². The number of amides is 1. The van der Waals surface area contributed by atoms with Crippen LogP contribution in [0.1, 0.15) is 10.4 Å². The molecule has 0 aliphatic rings. The van der Waals surface area contributed by atoms with E-state index in [0.29, 0.717) is 32.3 Å². The van der Waals surface area contributed by atoms with Crippen molar-refractivity contribution in [3.05, 3.63) is 51.4 Å². The van der Waals surface area contributed by atoms with Crippen LogP contribution < -0.4 is 5.73 Å². The Labute approximate surface area is 140 Å². The molecule has 0 aliphatic carbocycles.